The zero-order valence-electron chi connectivity index (χ0n) is 17.1. The number of ether oxygens (including phenoxy) is 2. The highest BCUT2D eigenvalue weighted by molar-refractivity contribution is 7.90. The van der Waals surface area contributed by atoms with Gasteiger partial charge in [0.1, 0.15) is 5.56 Å². The van der Waals surface area contributed by atoms with Crippen molar-refractivity contribution in [2.24, 2.45) is 0 Å². The molecule has 0 radical (unpaired) electrons. The van der Waals surface area contributed by atoms with Crippen molar-refractivity contribution >= 4 is 32.9 Å². The number of carbonyl (C=O) groups excluding carboxylic acids is 1. The predicted molar refractivity (Wildman–Crippen MR) is 112 cm³/mol. The number of morpholine rings is 1. The fourth-order valence-corrected chi connectivity index (χ4v) is 4.72. The fraction of sp³-hybridized carbons (Fsp3) is 0.474. The number of hydrogen-bond acceptors (Lipinski definition) is 7. The minimum atomic E-state index is -3.66. The van der Waals surface area contributed by atoms with Crippen LogP contribution in [0.1, 0.15) is 29.8 Å². The van der Waals surface area contributed by atoms with Gasteiger partial charge >= 0.3 is 0 Å². The van der Waals surface area contributed by atoms with Crippen molar-refractivity contribution < 1.29 is 22.7 Å². The van der Waals surface area contributed by atoms with Gasteiger partial charge in [-0.3, -0.25) is 14.3 Å². The van der Waals surface area contributed by atoms with E-state index in [2.05, 4.69) is 5.10 Å². The fourth-order valence-electron chi connectivity index (χ4n) is 3.42. The minimum Gasteiger partial charge on any atom is -0.359 e. The number of methoxy groups -OCH3 is 1. The molecular weight excluding hydrogens is 434 g/mol. The lowest BCUT2D eigenvalue weighted by molar-refractivity contribution is -0.136. The Labute approximate surface area is 179 Å². The Hall–Kier alpha value is -2.14. The lowest BCUT2D eigenvalue weighted by atomic mass is 10.0. The van der Waals surface area contributed by atoms with Crippen LogP contribution in [0.4, 0.5) is 5.69 Å². The van der Waals surface area contributed by atoms with E-state index in [-0.39, 0.29) is 45.9 Å². The summed E-state index contributed by atoms with van der Waals surface area (Å²) in [5.41, 5.74) is -0.284. The van der Waals surface area contributed by atoms with Crippen molar-refractivity contribution in [2.75, 3.05) is 31.4 Å². The van der Waals surface area contributed by atoms with Gasteiger partial charge in [-0.05, 0) is 26.0 Å². The maximum Gasteiger partial charge on any atom is 0.277 e. The molecule has 0 spiro atoms. The Balaban J connectivity index is 2.18. The first-order chi connectivity index (χ1) is 14.1. The number of aromatic nitrogens is 2. The zero-order chi connectivity index (χ0) is 22.2. The topological polar surface area (TPSA) is 111 Å². The second-order valence-electron chi connectivity index (χ2n) is 7.11. The van der Waals surface area contributed by atoms with Crippen molar-refractivity contribution in [2.45, 2.75) is 37.6 Å². The SMILES string of the molecule is CCn1[nH]cc(C(=O)c2ccc(S(C)(=O)=O)c(N3CC(OC)OCC3C)c2Cl)c1=O. The number of carbonyl (C=O) groups is 1. The van der Waals surface area contributed by atoms with E-state index in [1.54, 1.807) is 11.8 Å². The van der Waals surface area contributed by atoms with Crippen LogP contribution >= 0.6 is 11.6 Å². The number of aromatic amines is 1. The number of anilines is 1. The number of halogens is 1. The lowest BCUT2D eigenvalue weighted by Gasteiger charge is -2.40. The number of benzene rings is 1. The molecule has 2 aromatic rings. The molecule has 11 heteroatoms. The first-order valence-electron chi connectivity index (χ1n) is 9.36. The van der Waals surface area contributed by atoms with Crippen LogP contribution in [0.3, 0.4) is 0 Å². The van der Waals surface area contributed by atoms with E-state index in [0.29, 0.717) is 6.54 Å². The summed E-state index contributed by atoms with van der Waals surface area (Å²) in [6.07, 6.45) is 1.83. The molecule has 3 rings (SSSR count). The Morgan fingerprint density at radius 2 is 2.07 bits per heavy atom. The summed E-state index contributed by atoms with van der Waals surface area (Å²) in [5.74, 6) is -0.584. The molecule has 0 amide bonds. The van der Waals surface area contributed by atoms with Gasteiger partial charge in [0.15, 0.2) is 16.1 Å². The second kappa shape index (κ2) is 8.54. The number of sulfone groups is 1. The van der Waals surface area contributed by atoms with Gasteiger partial charge in [0, 0.05) is 37.7 Å². The number of H-pyrrole nitrogens is 1. The number of nitrogens with one attached hydrogen (secondary N) is 1. The number of aryl methyl sites for hydroxylation is 1. The molecule has 1 saturated heterocycles. The Bertz CT molecular complexity index is 1120. The zero-order valence-corrected chi connectivity index (χ0v) is 18.7. The molecule has 2 heterocycles. The van der Waals surface area contributed by atoms with Gasteiger partial charge in [-0.2, -0.15) is 0 Å². The molecule has 30 heavy (non-hydrogen) atoms. The summed E-state index contributed by atoms with van der Waals surface area (Å²) < 4.78 is 37.0. The molecule has 1 N–H and O–H groups in total. The normalized spacial score (nSPS) is 19.8. The van der Waals surface area contributed by atoms with Crippen LogP contribution in [-0.2, 0) is 25.9 Å². The van der Waals surface area contributed by atoms with Crippen LogP contribution in [0.2, 0.25) is 5.02 Å². The average molecular weight is 458 g/mol. The van der Waals surface area contributed by atoms with E-state index in [4.69, 9.17) is 21.1 Å². The van der Waals surface area contributed by atoms with Gasteiger partial charge in [0.2, 0.25) is 5.78 Å². The Kier molecular flexibility index (Phi) is 6.42. The molecule has 0 aliphatic carbocycles. The van der Waals surface area contributed by atoms with E-state index >= 15 is 0 Å². The standard InChI is InChI=1S/C19H24ClN3O6S/c1-5-23-19(25)13(8-21-23)18(24)12-6-7-14(30(4,26)27)17(16(12)20)22-9-15(28-3)29-10-11(22)2/h6-8,11,15,21H,5,9-10H2,1-4H3. The average Bonchev–Trinajstić information content (AvgIpc) is 3.07. The van der Waals surface area contributed by atoms with Gasteiger partial charge in [0.25, 0.3) is 5.56 Å². The number of nitrogens with zero attached hydrogens (tertiary/aromatic N) is 2. The van der Waals surface area contributed by atoms with E-state index in [0.717, 1.165) is 6.26 Å². The molecule has 0 saturated carbocycles. The lowest BCUT2D eigenvalue weighted by Crippen LogP contribution is -2.49. The molecule has 164 valence electrons. The molecule has 2 unspecified atom stereocenters. The highest BCUT2D eigenvalue weighted by Crippen LogP contribution is 2.39. The molecule has 1 aliphatic rings. The van der Waals surface area contributed by atoms with Crippen molar-refractivity contribution in [3.8, 4) is 0 Å². The highest BCUT2D eigenvalue weighted by Gasteiger charge is 2.33. The smallest absolute Gasteiger partial charge is 0.277 e. The molecule has 1 fully saturated rings. The predicted octanol–water partition coefficient (Wildman–Crippen LogP) is 1.68. The molecule has 2 atom stereocenters. The van der Waals surface area contributed by atoms with Crippen LogP contribution in [0.5, 0.6) is 0 Å². The van der Waals surface area contributed by atoms with Crippen LogP contribution < -0.4 is 10.5 Å². The minimum absolute atomic E-state index is 0.00677. The van der Waals surface area contributed by atoms with Crippen LogP contribution in [0.15, 0.2) is 28.0 Å². The summed E-state index contributed by atoms with van der Waals surface area (Å²) in [6.45, 7) is 4.51. The summed E-state index contributed by atoms with van der Waals surface area (Å²) in [6, 6.07) is 2.47. The molecule has 1 aromatic carbocycles. The Morgan fingerprint density at radius 3 is 2.63 bits per heavy atom. The monoisotopic (exact) mass is 457 g/mol. The van der Waals surface area contributed by atoms with Gasteiger partial charge in [-0.25, -0.2) is 8.42 Å². The third-order valence-electron chi connectivity index (χ3n) is 5.08. The number of ketones is 1. The maximum atomic E-state index is 13.1. The van der Waals surface area contributed by atoms with Gasteiger partial charge < -0.3 is 19.5 Å². The summed E-state index contributed by atoms with van der Waals surface area (Å²) in [7, 11) is -2.17. The summed E-state index contributed by atoms with van der Waals surface area (Å²) in [5, 5.41) is 2.70. The Morgan fingerprint density at radius 1 is 1.37 bits per heavy atom. The molecule has 0 bridgehead atoms. The third-order valence-corrected chi connectivity index (χ3v) is 6.59. The van der Waals surface area contributed by atoms with Crippen LogP contribution in [0.25, 0.3) is 0 Å². The van der Waals surface area contributed by atoms with Gasteiger partial charge in [-0.15, -0.1) is 0 Å². The number of hydrogen-bond donors (Lipinski definition) is 1. The van der Waals surface area contributed by atoms with E-state index in [1.165, 1.54) is 30.1 Å². The summed E-state index contributed by atoms with van der Waals surface area (Å²) >= 11 is 6.62. The van der Waals surface area contributed by atoms with E-state index in [1.807, 2.05) is 6.92 Å². The van der Waals surface area contributed by atoms with Crippen molar-refractivity contribution in [1.82, 2.24) is 9.78 Å². The van der Waals surface area contributed by atoms with Gasteiger partial charge in [-0.1, -0.05) is 11.6 Å². The maximum absolute atomic E-state index is 13.1. The van der Waals surface area contributed by atoms with Crippen molar-refractivity contribution in [3.05, 3.63) is 44.8 Å². The first-order valence-corrected chi connectivity index (χ1v) is 11.6. The summed E-state index contributed by atoms with van der Waals surface area (Å²) in [4.78, 5) is 27.2. The third kappa shape index (κ3) is 4.04. The van der Waals surface area contributed by atoms with Crippen molar-refractivity contribution in [1.29, 1.82) is 0 Å². The first kappa shape index (κ1) is 22.5. The van der Waals surface area contributed by atoms with Crippen molar-refractivity contribution in [3.63, 3.8) is 0 Å². The molecule has 9 nitrogen and oxygen atoms in total. The van der Waals surface area contributed by atoms with Crippen LogP contribution in [-0.4, -0.2) is 62.8 Å². The van der Waals surface area contributed by atoms with Gasteiger partial charge in [0.05, 0.1) is 28.8 Å². The molecule has 1 aromatic heterocycles. The van der Waals surface area contributed by atoms with E-state index < -0.39 is 27.5 Å². The quantitative estimate of drug-likeness (QED) is 0.657. The second-order valence-corrected chi connectivity index (χ2v) is 9.47. The molecule has 1 aliphatic heterocycles. The highest BCUT2D eigenvalue weighted by atomic mass is 35.5. The molecular formula is C19H24ClN3O6S. The largest absolute Gasteiger partial charge is 0.359 e. The number of rotatable bonds is 6. The van der Waals surface area contributed by atoms with E-state index in [9.17, 15) is 18.0 Å². The van der Waals surface area contributed by atoms with Crippen LogP contribution in [0, 0.1) is 0 Å².